The van der Waals surface area contributed by atoms with Crippen LogP contribution in [0.4, 0.5) is 0 Å². The van der Waals surface area contributed by atoms with Crippen LogP contribution in [0.5, 0.6) is 0 Å². The first-order chi connectivity index (χ1) is 14.8. The van der Waals surface area contributed by atoms with Crippen LogP contribution in [0, 0.1) is 46.3 Å². The Morgan fingerprint density at radius 2 is 1.74 bits per heavy atom. The summed E-state index contributed by atoms with van der Waals surface area (Å²) in [6, 6.07) is 0. The van der Waals surface area contributed by atoms with Crippen LogP contribution in [0.1, 0.15) is 111 Å². The molecule has 31 heavy (non-hydrogen) atoms. The van der Waals surface area contributed by atoms with Crippen LogP contribution >= 0.6 is 0 Å². The first-order valence-electron chi connectivity index (χ1n) is 14.0. The molecule has 0 aromatic carbocycles. The number of nitrogens with zero attached hydrogens (tertiary/aromatic N) is 1. The maximum atomic E-state index is 12.5. The maximum Gasteiger partial charge on any atom is 0.146 e. The van der Waals surface area contributed by atoms with Gasteiger partial charge >= 0.3 is 0 Å². The molecule has 4 fully saturated rings. The Labute approximate surface area is 193 Å². The molecule has 0 aromatic rings. The molecule has 4 aliphatic carbocycles. The third-order valence-corrected chi connectivity index (χ3v) is 11.3. The van der Waals surface area contributed by atoms with Crippen LogP contribution in [-0.4, -0.2) is 30.8 Å². The van der Waals surface area contributed by atoms with E-state index in [-0.39, 0.29) is 0 Å². The van der Waals surface area contributed by atoms with Gasteiger partial charge in [0.05, 0.1) is 6.54 Å². The van der Waals surface area contributed by atoms with Gasteiger partial charge in [0.25, 0.3) is 0 Å². The number of rotatable bonds is 8. The maximum absolute atomic E-state index is 12.5. The molecule has 0 bridgehead atoms. The van der Waals surface area contributed by atoms with Crippen molar-refractivity contribution in [2.24, 2.45) is 46.3 Å². The SMILES string of the molecule is CCCN(C)CC(=O)CC[C@@H](C)[C@H]1CCC2C3CCC4CCCC[C@]4(C)C3CC[C@@]21C. The van der Waals surface area contributed by atoms with E-state index in [2.05, 4.69) is 39.6 Å². The fourth-order valence-electron chi connectivity index (χ4n) is 9.70. The van der Waals surface area contributed by atoms with E-state index >= 15 is 0 Å². The zero-order chi connectivity index (χ0) is 22.2. The Balaban J connectivity index is 1.38. The summed E-state index contributed by atoms with van der Waals surface area (Å²) in [5.74, 6) is 6.00. The summed E-state index contributed by atoms with van der Waals surface area (Å²) in [5, 5.41) is 0. The molecule has 4 unspecified atom stereocenters. The molecule has 8 atom stereocenters. The number of carbonyl (C=O) groups is 1. The van der Waals surface area contributed by atoms with Crippen LogP contribution in [0.2, 0.25) is 0 Å². The number of likely N-dealkylation sites (N-methyl/N-ethyl adjacent to an activating group) is 1. The van der Waals surface area contributed by atoms with E-state index in [0.717, 1.165) is 55.4 Å². The lowest BCUT2D eigenvalue weighted by molar-refractivity contribution is -0.121. The van der Waals surface area contributed by atoms with E-state index in [1.165, 1.54) is 64.2 Å². The van der Waals surface area contributed by atoms with Gasteiger partial charge < -0.3 is 0 Å². The summed E-state index contributed by atoms with van der Waals surface area (Å²) < 4.78 is 0. The zero-order valence-electron chi connectivity index (χ0n) is 21.4. The van der Waals surface area contributed by atoms with E-state index < -0.39 is 0 Å². The second kappa shape index (κ2) is 9.47. The van der Waals surface area contributed by atoms with Gasteiger partial charge in [0.2, 0.25) is 0 Å². The van der Waals surface area contributed by atoms with Gasteiger partial charge in [0, 0.05) is 6.42 Å². The lowest BCUT2D eigenvalue weighted by Crippen LogP contribution is -2.53. The molecule has 2 heteroatoms. The second-order valence-corrected chi connectivity index (χ2v) is 12.9. The highest BCUT2D eigenvalue weighted by molar-refractivity contribution is 5.80. The van der Waals surface area contributed by atoms with Crippen molar-refractivity contribution < 1.29 is 4.79 Å². The smallest absolute Gasteiger partial charge is 0.146 e. The predicted octanol–water partition coefficient (Wildman–Crippen LogP) is 7.36. The zero-order valence-corrected chi connectivity index (χ0v) is 21.4. The minimum atomic E-state index is 0.453. The van der Waals surface area contributed by atoms with Crippen molar-refractivity contribution in [1.29, 1.82) is 0 Å². The molecule has 178 valence electrons. The Morgan fingerprint density at radius 3 is 2.52 bits per heavy atom. The average molecular weight is 430 g/mol. The summed E-state index contributed by atoms with van der Waals surface area (Å²) in [6.45, 7) is 11.7. The number of ketones is 1. The number of Topliss-reactive ketones (excluding diaryl/α,β-unsaturated/α-hetero) is 1. The topological polar surface area (TPSA) is 20.3 Å². The normalized spacial score (nSPS) is 43.2. The third kappa shape index (κ3) is 4.41. The number of carbonyl (C=O) groups excluding carboxylic acids is 1. The highest BCUT2D eigenvalue weighted by Crippen LogP contribution is 2.68. The van der Waals surface area contributed by atoms with E-state index in [1.54, 1.807) is 0 Å². The number of hydrogen-bond donors (Lipinski definition) is 0. The van der Waals surface area contributed by atoms with Crippen molar-refractivity contribution in [3.8, 4) is 0 Å². The fraction of sp³-hybridized carbons (Fsp3) is 0.966. The molecule has 0 amide bonds. The van der Waals surface area contributed by atoms with Gasteiger partial charge in [-0.05, 0) is 124 Å². The van der Waals surface area contributed by atoms with E-state index in [9.17, 15) is 4.79 Å². The highest BCUT2D eigenvalue weighted by Gasteiger charge is 2.60. The minimum Gasteiger partial charge on any atom is -0.299 e. The van der Waals surface area contributed by atoms with Crippen LogP contribution in [-0.2, 0) is 4.79 Å². The highest BCUT2D eigenvalue weighted by atomic mass is 16.1. The molecule has 4 rings (SSSR count). The predicted molar refractivity (Wildman–Crippen MR) is 131 cm³/mol. The van der Waals surface area contributed by atoms with Gasteiger partial charge in [0.1, 0.15) is 5.78 Å². The van der Waals surface area contributed by atoms with Crippen molar-refractivity contribution >= 4 is 5.78 Å². The Bertz CT molecular complexity index is 630. The van der Waals surface area contributed by atoms with Crippen molar-refractivity contribution in [2.75, 3.05) is 20.1 Å². The standard InChI is InChI=1S/C29H51NO/c1-6-19-30(5)20-23(31)12-10-21(2)25-14-15-26-24-13-11-22-9-7-8-17-28(22,3)27(24)16-18-29(25,26)4/h21-22,24-27H,6-20H2,1-5H3/t21-,22?,24?,25-,26?,27?,28+,29-/m1/s1. The van der Waals surface area contributed by atoms with Crippen LogP contribution in [0.3, 0.4) is 0 Å². The monoisotopic (exact) mass is 429 g/mol. The molecule has 0 saturated heterocycles. The number of fused-ring (bicyclic) bond motifs is 5. The molecule has 0 spiro atoms. The molecule has 4 aliphatic rings. The fourth-order valence-corrected chi connectivity index (χ4v) is 9.70. The summed E-state index contributed by atoms with van der Waals surface area (Å²) in [4.78, 5) is 14.7. The van der Waals surface area contributed by atoms with Gasteiger partial charge in [-0.3, -0.25) is 9.69 Å². The Morgan fingerprint density at radius 1 is 0.968 bits per heavy atom. The van der Waals surface area contributed by atoms with E-state index in [1.807, 2.05) is 0 Å². The van der Waals surface area contributed by atoms with Gasteiger partial charge in [0.15, 0.2) is 0 Å². The molecule has 2 nitrogen and oxygen atoms in total. The number of hydrogen-bond acceptors (Lipinski definition) is 2. The van der Waals surface area contributed by atoms with Gasteiger partial charge in [-0.25, -0.2) is 0 Å². The minimum absolute atomic E-state index is 0.453. The molecular weight excluding hydrogens is 378 g/mol. The summed E-state index contributed by atoms with van der Waals surface area (Å²) >= 11 is 0. The molecular formula is C29H51NO. The quantitative estimate of drug-likeness (QED) is 0.401. The third-order valence-electron chi connectivity index (χ3n) is 11.3. The summed E-state index contributed by atoms with van der Waals surface area (Å²) in [7, 11) is 2.09. The van der Waals surface area contributed by atoms with Gasteiger partial charge in [-0.2, -0.15) is 0 Å². The second-order valence-electron chi connectivity index (χ2n) is 12.9. The van der Waals surface area contributed by atoms with Gasteiger partial charge in [-0.15, -0.1) is 0 Å². The van der Waals surface area contributed by atoms with E-state index in [4.69, 9.17) is 0 Å². The first kappa shape index (κ1) is 23.8. The summed E-state index contributed by atoms with van der Waals surface area (Å²) in [6.07, 6.45) is 17.9. The van der Waals surface area contributed by atoms with Crippen LogP contribution in [0.15, 0.2) is 0 Å². The lowest BCUT2D eigenvalue weighted by Gasteiger charge is -2.61. The average Bonchev–Trinajstić information content (AvgIpc) is 3.09. The largest absolute Gasteiger partial charge is 0.299 e. The lowest BCUT2D eigenvalue weighted by atomic mass is 9.44. The van der Waals surface area contributed by atoms with Crippen LogP contribution < -0.4 is 0 Å². The molecule has 0 radical (unpaired) electrons. The molecule has 4 saturated carbocycles. The summed E-state index contributed by atoms with van der Waals surface area (Å²) in [5.41, 5.74) is 1.20. The van der Waals surface area contributed by atoms with E-state index in [0.29, 0.717) is 29.1 Å². The first-order valence-corrected chi connectivity index (χ1v) is 14.0. The molecule has 0 heterocycles. The van der Waals surface area contributed by atoms with Crippen molar-refractivity contribution in [3.63, 3.8) is 0 Å². The molecule has 0 N–H and O–H groups in total. The van der Waals surface area contributed by atoms with Crippen LogP contribution in [0.25, 0.3) is 0 Å². The Kier molecular flexibility index (Phi) is 7.27. The Hall–Kier alpha value is -0.370. The molecule has 0 aliphatic heterocycles. The van der Waals surface area contributed by atoms with Gasteiger partial charge in [-0.1, -0.05) is 40.5 Å². The van der Waals surface area contributed by atoms with Crippen molar-refractivity contribution in [1.82, 2.24) is 4.90 Å². The molecule has 0 aromatic heterocycles. The van der Waals surface area contributed by atoms with Crippen molar-refractivity contribution in [2.45, 2.75) is 111 Å². The van der Waals surface area contributed by atoms with Crippen molar-refractivity contribution in [3.05, 3.63) is 0 Å².